The first kappa shape index (κ1) is 14.8. The predicted octanol–water partition coefficient (Wildman–Crippen LogP) is 3.85. The zero-order valence-corrected chi connectivity index (χ0v) is 13.0. The summed E-state index contributed by atoms with van der Waals surface area (Å²) in [5, 5.41) is 0.805. The van der Waals surface area contributed by atoms with Crippen LogP contribution < -0.4 is 5.73 Å². The van der Waals surface area contributed by atoms with Crippen molar-refractivity contribution in [2.24, 2.45) is 11.1 Å². The molecule has 0 aliphatic carbocycles. The van der Waals surface area contributed by atoms with Crippen LogP contribution in [-0.4, -0.2) is 24.0 Å². The SMILES string of the molecule is CCC(c1ccc(Cl)cc1)N1CCC(N)C(C)(C)C1. The van der Waals surface area contributed by atoms with Gasteiger partial charge < -0.3 is 5.73 Å². The normalized spacial score (nSPS) is 25.2. The number of benzene rings is 1. The first-order valence-corrected chi connectivity index (χ1v) is 7.57. The Morgan fingerprint density at radius 3 is 2.53 bits per heavy atom. The van der Waals surface area contributed by atoms with Gasteiger partial charge in [-0.1, -0.05) is 44.5 Å². The van der Waals surface area contributed by atoms with Crippen molar-refractivity contribution in [2.45, 2.75) is 45.7 Å². The lowest BCUT2D eigenvalue weighted by atomic mass is 9.78. The molecule has 1 aliphatic heterocycles. The summed E-state index contributed by atoms with van der Waals surface area (Å²) >= 11 is 5.98. The van der Waals surface area contributed by atoms with E-state index in [1.165, 1.54) is 5.56 Å². The molecule has 2 unspecified atom stereocenters. The molecule has 2 atom stereocenters. The van der Waals surface area contributed by atoms with Crippen LogP contribution in [0.15, 0.2) is 24.3 Å². The Morgan fingerprint density at radius 2 is 2.00 bits per heavy atom. The molecule has 1 aromatic carbocycles. The molecule has 3 heteroatoms. The smallest absolute Gasteiger partial charge is 0.0406 e. The van der Waals surface area contributed by atoms with Gasteiger partial charge in [0.05, 0.1) is 0 Å². The second-order valence-corrected chi connectivity index (χ2v) is 6.77. The number of likely N-dealkylation sites (tertiary alicyclic amines) is 1. The highest BCUT2D eigenvalue weighted by atomic mass is 35.5. The summed E-state index contributed by atoms with van der Waals surface area (Å²) in [6, 6.07) is 9.06. The molecule has 0 radical (unpaired) electrons. The van der Waals surface area contributed by atoms with E-state index in [1.54, 1.807) is 0 Å². The Kier molecular flexibility index (Phi) is 4.54. The fourth-order valence-corrected chi connectivity index (χ4v) is 3.20. The molecular weight excluding hydrogens is 256 g/mol. The molecule has 2 nitrogen and oxygen atoms in total. The van der Waals surface area contributed by atoms with Crippen LogP contribution in [0.4, 0.5) is 0 Å². The maximum Gasteiger partial charge on any atom is 0.0406 e. The molecule has 1 aromatic rings. The van der Waals surface area contributed by atoms with Crippen LogP contribution in [0.2, 0.25) is 5.02 Å². The molecular formula is C16H25ClN2. The molecule has 0 saturated carbocycles. The topological polar surface area (TPSA) is 29.3 Å². The van der Waals surface area contributed by atoms with E-state index in [1.807, 2.05) is 12.1 Å². The van der Waals surface area contributed by atoms with Gasteiger partial charge in [-0.15, -0.1) is 0 Å². The van der Waals surface area contributed by atoms with Gasteiger partial charge in [-0.2, -0.15) is 0 Å². The molecule has 106 valence electrons. The van der Waals surface area contributed by atoms with Crippen LogP contribution in [0.25, 0.3) is 0 Å². The highest BCUT2D eigenvalue weighted by molar-refractivity contribution is 6.30. The number of halogens is 1. The predicted molar refractivity (Wildman–Crippen MR) is 82.4 cm³/mol. The Morgan fingerprint density at radius 1 is 1.37 bits per heavy atom. The largest absolute Gasteiger partial charge is 0.327 e. The first-order valence-electron chi connectivity index (χ1n) is 7.19. The van der Waals surface area contributed by atoms with Gasteiger partial charge in [0.2, 0.25) is 0 Å². The van der Waals surface area contributed by atoms with E-state index < -0.39 is 0 Å². The minimum Gasteiger partial charge on any atom is -0.327 e. The van der Waals surface area contributed by atoms with E-state index in [-0.39, 0.29) is 5.41 Å². The van der Waals surface area contributed by atoms with Crippen LogP contribution in [0.1, 0.15) is 45.2 Å². The highest BCUT2D eigenvalue weighted by Crippen LogP contribution is 2.34. The number of nitrogens with zero attached hydrogens (tertiary/aromatic N) is 1. The summed E-state index contributed by atoms with van der Waals surface area (Å²) in [5.41, 5.74) is 7.78. The summed E-state index contributed by atoms with van der Waals surface area (Å²) in [6.45, 7) is 8.96. The van der Waals surface area contributed by atoms with Gasteiger partial charge in [0, 0.05) is 30.2 Å². The molecule has 1 fully saturated rings. The van der Waals surface area contributed by atoms with E-state index in [0.717, 1.165) is 31.0 Å². The summed E-state index contributed by atoms with van der Waals surface area (Å²) < 4.78 is 0. The molecule has 0 spiro atoms. The fourth-order valence-electron chi connectivity index (χ4n) is 3.07. The first-order chi connectivity index (χ1) is 8.94. The van der Waals surface area contributed by atoms with Crippen molar-refractivity contribution in [3.05, 3.63) is 34.9 Å². The third-order valence-electron chi connectivity index (χ3n) is 4.42. The van der Waals surface area contributed by atoms with Crippen molar-refractivity contribution in [3.63, 3.8) is 0 Å². The minimum absolute atomic E-state index is 0.193. The maximum absolute atomic E-state index is 6.23. The van der Waals surface area contributed by atoms with Gasteiger partial charge >= 0.3 is 0 Å². The summed E-state index contributed by atoms with van der Waals surface area (Å²) in [6.07, 6.45) is 2.20. The molecule has 0 bridgehead atoms. The van der Waals surface area contributed by atoms with Crippen molar-refractivity contribution >= 4 is 11.6 Å². The molecule has 1 aliphatic rings. The third-order valence-corrected chi connectivity index (χ3v) is 4.68. The highest BCUT2D eigenvalue weighted by Gasteiger charge is 2.35. The van der Waals surface area contributed by atoms with Crippen molar-refractivity contribution < 1.29 is 0 Å². The Hall–Kier alpha value is -0.570. The van der Waals surface area contributed by atoms with Gasteiger partial charge in [0.25, 0.3) is 0 Å². The number of rotatable bonds is 3. The van der Waals surface area contributed by atoms with Gasteiger partial charge in [-0.25, -0.2) is 0 Å². The third kappa shape index (κ3) is 3.31. The van der Waals surface area contributed by atoms with Gasteiger partial charge in [0.1, 0.15) is 0 Å². The van der Waals surface area contributed by atoms with Crippen LogP contribution in [0.3, 0.4) is 0 Å². The van der Waals surface area contributed by atoms with Gasteiger partial charge in [0.15, 0.2) is 0 Å². The summed E-state index contributed by atoms with van der Waals surface area (Å²) in [7, 11) is 0. The lowest BCUT2D eigenvalue weighted by molar-refractivity contribution is 0.0588. The van der Waals surface area contributed by atoms with E-state index in [0.29, 0.717) is 12.1 Å². The van der Waals surface area contributed by atoms with Crippen molar-refractivity contribution in [3.8, 4) is 0 Å². The number of hydrogen-bond donors (Lipinski definition) is 1. The number of nitrogens with two attached hydrogens (primary N) is 1. The van der Waals surface area contributed by atoms with Gasteiger partial charge in [-0.3, -0.25) is 4.90 Å². The van der Waals surface area contributed by atoms with Crippen molar-refractivity contribution in [2.75, 3.05) is 13.1 Å². The second kappa shape index (κ2) is 5.82. The average molecular weight is 281 g/mol. The molecule has 0 aromatic heterocycles. The molecule has 1 heterocycles. The second-order valence-electron chi connectivity index (χ2n) is 6.33. The fraction of sp³-hybridized carbons (Fsp3) is 0.625. The molecule has 1 saturated heterocycles. The van der Waals surface area contributed by atoms with Crippen LogP contribution >= 0.6 is 11.6 Å². The quantitative estimate of drug-likeness (QED) is 0.911. The number of piperidine rings is 1. The Balaban J connectivity index is 2.16. The van der Waals surface area contributed by atoms with E-state index in [2.05, 4.69) is 37.8 Å². The minimum atomic E-state index is 0.193. The van der Waals surface area contributed by atoms with Gasteiger partial charge in [-0.05, 0) is 36.0 Å². The zero-order chi connectivity index (χ0) is 14.0. The lowest BCUT2D eigenvalue weighted by Gasteiger charge is -2.45. The Bertz CT molecular complexity index is 413. The van der Waals surface area contributed by atoms with Crippen molar-refractivity contribution in [1.82, 2.24) is 4.90 Å². The number of hydrogen-bond acceptors (Lipinski definition) is 2. The standard InChI is InChI=1S/C16H25ClN2/c1-4-14(12-5-7-13(17)8-6-12)19-10-9-15(18)16(2,3)11-19/h5-8,14-15H,4,9-11,18H2,1-3H3. The Labute approximate surface area is 121 Å². The summed E-state index contributed by atoms with van der Waals surface area (Å²) in [4.78, 5) is 2.58. The zero-order valence-electron chi connectivity index (χ0n) is 12.2. The summed E-state index contributed by atoms with van der Waals surface area (Å²) in [5.74, 6) is 0. The molecule has 19 heavy (non-hydrogen) atoms. The average Bonchev–Trinajstić information content (AvgIpc) is 2.36. The lowest BCUT2D eigenvalue weighted by Crippen LogP contribution is -2.53. The van der Waals surface area contributed by atoms with E-state index >= 15 is 0 Å². The molecule has 0 amide bonds. The maximum atomic E-state index is 6.23. The van der Waals surface area contributed by atoms with Crippen molar-refractivity contribution in [1.29, 1.82) is 0 Å². The van der Waals surface area contributed by atoms with Crippen LogP contribution in [-0.2, 0) is 0 Å². The van der Waals surface area contributed by atoms with Crippen LogP contribution in [0.5, 0.6) is 0 Å². The van der Waals surface area contributed by atoms with E-state index in [9.17, 15) is 0 Å². The molecule has 2 rings (SSSR count). The van der Waals surface area contributed by atoms with Crippen LogP contribution in [0, 0.1) is 5.41 Å². The molecule has 2 N–H and O–H groups in total. The van der Waals surface area contributed by atoms with E-state index in [4.69, 9.17) is 17.3 Å². The monoisotopic (exact) mass is 280 g/mol.